The molecule has 1 atom stereocenters. The standard InChI is InChI=1S/C32H38ClN3O5S/c1-22-12-16-29(17-13-22)42(39,40)36(27-15-14-23(2)30(33)19-27)21-31(37)35(20-25-8-7-11-28(18-25)41-4)24(3)32(38)34-26-9-5-6-10-26/h7-8,11-19,24,26H,5-6,9-10,20-21H2,1-4H3,(H,34,38)/t24-/m0/s1. The molecule has 1 N–H and O–H groups in total. The molecule has 3 aromatic carbocycles. The summed E-state index contributed by atoms with van der Waals surface area (Å²) in [6.45, 7) is 4.91. The molecular formula is C32H38ClN3O5S. The van der Waals surface area contributed by atoms with Gasteiger partial charge in [0.2, 0.25) is 11.8 Å². The molecule has 0 unspecified atom stereocenters. The van der Waals surface area contributed by atoms with Crippen LogP contribution in [0.3, 0.4) is 0 Å². The molecule has 4 rings (SSSR count). The second kappa shape index (κ2) is 13.6. The van der Waals surface area contributed by atoms with Crippen molar-refractivity contribution >= 4 is 39.1 Å². The van der Waals surface area contributed by atoms with Gasteiger partial charge in [0.05, 0.1) is 17.7 Å². The van der Waals surface area contributed by atoms with Crippen LogP contribution in [0, 0.1) is 13.8 Å². The third-order valence-corrected chi connectivity index (χ3v) is 9.88. The van der Waals surface area contributed by atoms with E-state index in [1.54, 1.807) is 56.5 Å². The summed E-state index contributed by atoms with van der Waals surface area (Å²) in [6, 6.07) is 17.8. The molecule has 0 radical (unpaired) electrons. The van der Waals surface area contributed by atoms with Crippen molar-refractivity contribution in [2.45, 2.75) is 70.0 Å². The molecule has 42 heavy (non-hydrogen) atoms. The van der Waals surface area contributed by atoms with Gasteiger partial charge >= 0.3 is 0 Å². The highest BCUT2D eigenvalue weighted by Gasteiger charge is 2.33. The van der Waals surface area contributed by atoms with Gasteiger partial charge in [-0.2, -0.15) is 0 Å². The van der Waals surface area contributed by atoms with Crippen LogP contribution < -0.4 is 14.4 Å². The van der Waals surface area contributed by atoms with E-state index in [1.807, 2.05) is 26.0 Å². The second-order valence-electron chi connectivity index (χ2n) is 10.8. The molecule has 1 aliphatic carbocycles. The van der Waals surface area contributed by atoms with Crippen molar-refractivity contribution in [3.63, 3.8) is 0 Å². The van der Waals surface area contributed by atoms with Gasteiger partial charge in [-0.15, -0.1) is 0 Å². The maximum atomic E-state index is 14.1. The van der Waals surface area contributed by atoms with E-state index < -0.39 is 28.5 Å². The summed E-state index contributed by atoms with van der Waals surface area (Å²) >= 11 is 6.40. The van der Waals surface area contributed by atoms with Gasteiger partial charge in [-0.25, -0.2) is 8.42 Å². The van der Waals surface area contributed by atoms with Crippen molar-refractivity contribution in [2.75, 3.05) is 18.0 Å². The van der Waals surface area contributed by atoms with E-state index in [0.717, 1.165) is 46.7 Å². The number of benzene rings is 3. The number of hydrogen-bond acceptors (Lipinski definition) is 5. The monoisotopic (exact) mass is 611 g/mol. The minimum atomic E-state index is -4.17. The van der Waals surface area contributed by atoms with Gasteiger partial charge in [0.15, 0.2) is 0 Å². The number of carbonyl (C=O) groups is 2. The number of methoxy groups -OCH3 is 1. The van der Waals surface area contributed by atoms with Crippen molar-refractivity contribution < 1.29 is 22.7 Å². The van der Waals surface area contributed by atoms with Gasteiger partial charge in [-0.1, -0.05) is 60.3 Å². The van der Waals surface area contributed by atoms with Crippen LogP contribution in [0.1, 0.15) is 49.3 Å². The quantitative estimate of drug-likeness (QED) is 0.303. The largest absolute Gasteiger partial charge is 0.497 e. The molecule has 0 spiro atoms. The molecule has 1 saturated carbocycles. The number of anilines is 1. The summed E-state index contributed by atoms with van der Waals surface area (Å²) in [5.41, 5.74) is 2.68. The number of nitrogens with one attached hydrogen (secondary N) is 1. The van der Waals surface area contributed by atoms with Gasteiger partial charge < -0.3 is 15.0 Å². The second-order valence-corrected chi connectivity index (χ2v) is 13.1. The fourth-order valence-electron chi connectivity index (χ4n) is 5.05. The molecular weight excluding hydrogens is 574 g/mol. The average molecular weight is 612 g/mol. The van der Waals surface area contributed by atoms with Gasteiger partial charge in [0.25, 0.3) is 10.0 Å². The molecule has 2 amide bonds. The van der Waals surface area contributed by atoms with Crippen molar-refractivity contribution in [3.8, 4) is 5.75 Å². The predicted octanol–water partition coefficient (Wildman–Crippen LogP) is 5.64. The zero-order chi connectivity index (χ0) is 30.4. The Morgan fingerprint density at radius 1 is 1.02 bits per heavy atom. The van der Waals surface area contributed by atoms with Gasteiger partial charge in [0, 0.05) is 17.6 Å². The van der Waals surface area contributed by atoms with Gasteiger partial charge in [-0.3, -0.25) is 13.9 Å². The first kappa shape index (κ1) is 31.4. The van der Waals surface area contributed by atoms with Crippen LogP contribution in [0.25, 0.3) is 0 Å². The van der Waals surface area contributed by atoms with E-state index in [4.69, 9.17) is 16.3 Å². The summed E-state index contributed by atoms with van der Waals surface area (Å²) in [5, 5.41) is 3.45. The normalized spacial score (nSPS) is 14.3. The fraction of sp³-hybridized carbons (Fsp3) is 0.375. The summed E-state index contributed by atoms with van der Waals surface area (Å²) < 4.78 is 34.4. The van der Waals surface area contributed by atoms with E-state index in [0.29, 0.717) is 10.8 Å². The van der Waals surface area contributed by atoms with Crippen LogP contribution in [0.5, 0.6) is 5.75 Å². The number of rotatable bonds is 11. The molecule has 3 aromatic rings. The van der Waals surface area contributed by atoms with Crippen LogP contribution in [-0.2, 0) is 26.2 Å². The molecule has 224 valence electrons. The minimum absolute atomic E-state index is 0.0453. The number of sulfonamides is 1. The zero-order valence-electron chi connectivity index (χ0n) is 24.5. The van der Waals surface area contributed by atoms with Crippen molar-refractivity contribution in [2.24, 2.45) is 0 Å². The van der Waals surface area contributed by atoms with Gasteiger partial charge in [0.1, 0.15) is 18.3 Å². The van der Waals surface area contributed by atoms with Crippen LogP contribution >= 0.6 is 11.6 Å². The fourth-order valence-corrected chi connectivity index (χ4v) is 6.63. The van der Waals surface area contributed by atoms with E-state index in [1.165, 1.54) is 17.0 Å². The first-order valence-corrected chi connectivity index (χ1v) is 15.9. The Labute approximate surface area is 253 Å². The van der Waals surface area contributed by atoms with Crippen LogP contribution in [0.2, 0.25) is 5.02 Å². The van der Waals surface area contributed by atoms with E-state index in [2.05, 4.69) is 5.32 Å². The lowest BCUT2D eigenvalue weighted by Gasteiger charge is -2.32. The molecule has 8 nitrogen and oxygen atoms in total. The lowest BCUT2D eigenvalue weighted by atomic mass is 10.1. The maximum Gasteiger partial charge on any atom is 0.264 e. The Morgan fingerprint density at radius 3 is 2.36 bits per heavy atom. The van der Waals surface area contributed by atoms with Crippen molar-refractivity contribution in [1.29, 1.82) is 0 Å². The summed E-state index contributed by atoms with van der Waals surface area (Å²) in [7, 11) is -2.61. The number of hydrogen-bond donors (Lipinski definition) is 1. The number of halogens is 1. The molecule has 0 heterocycles. The topological polar surface area (TPSA) is 96.0 Å². The molecule has 10 heteroatoms. The molecule has 0 bridgehead atoms. The Kier molecular flexibility index (Phi) is 10.2. The first-order valence-electron chi connectivity index (χ1n) is 14.1. The van der Waals surface area contributed by atoms with Crippen LogP contribution in [0.15, 0.2) is 71.6 Å². The summed E-state index contributed by atoms with van der Waals surface area (Å²) in [4.78, 5) is 29.0. The Hall–Kier alpha value is -3.56. The Bertz CT molecular complexity index is 1520. The Balaban J connectivity index is 1.71. The van der Waals surface area contributed by atoms with Crippen molar-refractivity contribution in [3.05, 3.63) is 88.4 Å². The predicted molar refractivity (Wildman–Crippen MR) is 165 cm³/mol. The molecule has 0 aliphatic heterocycles. The number of amides is 2. The van der Waals surface area contributed by atoms with Gasteiger partial charge in [-0.05, 0) is 81.1 Å². The van der Waals surface area contributed by atoms with E-state index in [-0.39, 0.29) is 29.1 Å². The molecule has 1 fully saturated rings. The SMILES string of the molecule is COc1cccc(CN(C(=O)CN(c2ccc(C)c(Cl)c2)S(=O)(=O)c2ccc(C)cc2)[C@@H](C)C(=O)NC2CCCC2)c1. The summed E-state index contributed by atoms with van der Waals surface area (Å²) in [5.74, 6) is -0.190. The highest BCUT2D eigenvalue weighted by molar-refractivity contribution is 7.92. The third-order valence-electron chi connectivity index (χ3n) is 7.69. The van der Waals surface area contributed by atoms with Crippen LogP contribution in [0.4, 0.5) is 5.69 Å². The van der Waals surface area contributed by atoms with Crippen molar-refractivity contribution in [1.82, 2.24) is 10.2 Å². The number of nitrogens with zero attached hydrogens (tertiary/aromatic N) is 2. The molecule has 1 aliphatic rings. The smallest absolute Gasteiger partial charge is 0.264 e. The van der Waals surface area contributed by atoms with Crippen LogP contribution in [-0.4, -0.2) is 50.9 Å². The summed E-state index contributed by atoms with van der Waals surface area (Å²) in [6.07, 6.45) is 3.91. The lowest BCUT2D eigenvalue weighted by molar-refractivity contribution is -0.139. The highest BCUT2D eigenvalue weighted by Crippen LogP contribution is 2.29. The maximum absolute atomic E-state index is 14.1. The zero-order valence-corrected chi connectivity index (χ0v) is 26.0. The number of carbonyl (C=O) groups excluding carboxylic acids is 2. The molecule has 0 aromatic heterocycles. The Morgan fingerprint density at radius 2 is 1.71 bits per heavy atom. The van der Waals surface area contributed by atoms with E-state index in [9.17, 15) is 18.0 Å². The third kappa shape index (κ3) is 7.44. The minimum Gasteiger partial charge on any atom is -0.497 e. The van der Waals surface area contributed by atoms with E-state index >= 15 is 0 Å². The number of aryl methyl sites for hydroxylation is 2. The number of ether oxygens (including phenoxy) is 1. The highest BCUT2D eigenvalue weighted by atomic mass is 35.5. The molecule has 0 saturated heterocycles. The first-order chi connectivity index (χ1) is 20.0. The lowest BCUT2D eigenvalue weighted by Crippen LogP contribution is -2.52. The average Bonchev–Trinajstić information content (AvgIpc) is 3.49.